The van der Waals surface area contributed by atoms with E-state index in [2.05, 4.69) is 60.7 Å². The number of quaternary nitrogens is 1. The van der Waals surface area contributed by atoms with Gasteiger partial charge in [-0.2, -0.15) is 0 Å². The summed E-state index contributed by atoms with van der Waals surface area (Å²) >= 11 is 3.57. The molecule has 0 aliphatic carbocycles. The van der Waals surface area contributed by atoms with E-state index in [-0.39, 0.29) is 24.0 Å². The molecule has 0 saturated heterocycles. The highest BCUT2D eigenvalue weighted by molar-refractivity contribution is 9.10. The maximum Gasteiger partial charge on any atom is 0.180 e. The maximum absolute atomic E-state index is 6.07. The molecule has 0 radical (unpaired) electrons. The summed E-state index contributed by atoms with van der Waals surface area (Å²) in [7, 11) is 6.56. The lowest BCUT2D eigenvalue weighted by Crippen LogP contribution is -3.00. The van der Waals surface area contributed by atoms with Crippen LogP contribution in [-0.4, -0.2) is 35.0 Å². The minimum Gasteiger partial charge on any atom is -1.00 e. The molecule has 3 rings (SSSR count). The van der Waals surface area contributed by atoms with Gasteiger partial charge < -0.3 is 33.2 Å². The normalized spacial score (nSPS) is 11.4. The molecule has 3 aromatic rings. The van der Waals surface area contributed by atoms with Crippen LogP contribution in [0.3, 0.4) is 0 Å². The average Bonchev–Trinajstić information content (AvgIpc) is 2.82. The smallest absolute Gasteiger partial charge is 0.180 e. The molecule has 0 amide bonds. The van der Waals surface area contributed by atoms with Crippen LogP contribution < -0.4 is 28.7 Å². The fraction of sp³-hybridized carbons (Fsp3) is 0.316. The van der Waals surface area contributed by atoms with Crippen LogP contribution in [0.2, 0.25) is 0 Å². The number of hydrogen-bond acceptors (Lipinski definition) is 2. The van der Waals surface area contributed by atoms with Crippen LogP contribution >= 0.6 is 15.9 Å². The van der Waals surface area contributed by atoms with Crippen LogP contribution in [0, 0.1) is 6.92 Å². The SMILES string of the molecule is Cc1nc2c(OCc3ccccc3Br)cccn2c1C[N+](C)(C)C.[I-]. The number of hydrogen-bond donors (Lipinski definition) is 0. The van der Waals surface area contributed by atoms with E-state index in [0.717, 1.165) is 38.2 Å². The van der Waals surface area contributed by atoms with Crippen molar-refractivity contribution in [3.8, 4) is 5.75 Å². The highest BCUT2D eigenvalue weighted by atomic mass is 127. The molecule has 6 heteroatoms. The molecule has 0 aliphatic heterocycles. The quantitative estimate of drug-likeness (QED) is 0.377. The Morgan fingerprint density at radius 1 is 1.12 bits per heavy atom. The second-order valence-electron chi connectivity index (χ2n) is 7.04. The molecule has 25 heavy (non-hydrogen) atoms. The fourth-order valence-electron chi connectivity index (χ4n) is 2.73. The van der Waals surface area contributed by atoms with Gasteiger partial charge >= 0.3 is 0 Å². The van der Waals surface area contributed by atoms with Crippen LogP contribution in [0.5, 0.6) is 5.75 Å². The first-order valence-corrected chi connectivity index (χ1v) is 8.78. The molecule has 0 bridgehead atoms. The van der Waals surface area contributed by atoms with Crippen molar-refractivity contribution in [3.05, 3.63) is 64.0 Å². The van der Waals surface area contributed by atoms with E-state index in [1.54, 1.807) is 0 Å². The monoisotopic (exact) mass is 515 g/mol. The van der Waals surface area contributed by atoms with Crippen molar-refractivity contribution in [1.82, 2.24) is 9.38 Å². The van der Waals surface area contributed by atoms with Gasteiger partial charge in [0.15, 0.2) is 11.4 Å². The van der Waals surface area contributed by atoms with E-state index in [0.29, 0.717) is 6.61 Å². The molecule has 0 fully saturated rings. The second kappa shape index (κ2) is 8.05. The minimum atomic E-state index is 0. The average molecular weight is 516 g/mol. The number of fused-ring (bicyclic) bond motifs is 1. The van der Waals surface area contributed by atoms with Crippen molar-refractivity contribution >= 4 is 21.6 Å². The minimum absolute atomic E-state index is 0. The molecule has 0 atom stereocenters. The third kappa shape index (κ3) is 4.74. The van der Waals surface area contributed by atoms with Crippen LogP contribution in [-0.2, 0) is 13.2 Å². The second-order valence-corrected chi connectivity index (χ2v) is 7.89. The summed E-state index contributed by atoms with van der Waals surface area (Å²) < 4.78 is 10.1. The summed E-state index contributed by atoms with van der Waals surface area (Å²) in [5.41, 5.74) is 4.28. The van der Waals surface area contributed by atoms with Gasteiger partial charge in [-0.05, 0) is 25.1 Å². The molecule has 4 nitrogen and oxygen atoms in total. The molecule has 2 heterocycles. The predicted molar refractivity (Wildman–Crippen MR) is 100 cm³/mol. The standard InChI is InChI=1S/C19H23BrN3O.HI/c1-14-17(12-23(2,3)4)22-11-7-10-18(19(22)21-14)24-13-15-8-5-6-9-16(15)20;/h5-11H,12-13H2,1-4H3;1H/q+1;/p-1. The Morgan fingerprint density at radius 3 is 2.52 bits per heavy atom. The topological polar surface area (TPSA) is 26.5 Å². The third-order valence-electron chi connectivity index (χ3n) is 3.88. The van der Waals surface area contributed by atoms with Gasteiger partial charge in [0, 0.05) is 16.2 Å². The maximum atomic E-state index is 6.07. The van der Waals surface area contributed by atoms with Crippen LogP contribution in [0.25, 0.3) is 5.65 Å². The number of halogens is 2. The van der Waals surface area contributed by atoms with Crippen molar-refractivity contribution in [1.29, 1.82) is 0 Å². The summed E-state index contributed by atoms with van der Waals surface area (Å²) in [5.74, 6) is 0.809. The number of ether oxygens (including phenoxy) is 1. The Balaban J connectivity index is 0.00000225. The number of aryl methyl sites for hydroxylation is 1. The van der Waals surface area contributed by atoms with Gasteiger partial charge in [-0.1, -0.05) is 34.1 Å². The Labute approximate surface area is 174 Å². The van der Waals surface area contributed by atoms with E-state index >= 15 is 0 Å². The summed E-state index contributed by atoms with van der Waals surface area (Å²) in [4.78, 5) is 4.75. The van der Waals surface area contributed by atoms with Gasteiger partial charge in [0.1, 0.15) is 18.8 Å². The molecule has 0 N–H and O–H groups in total. The van der Waals surface area contributed by atoms with Crippen molar-refractivity contribution in [2.75, 3.05) is 21.1 Å². The molecule has 0 aliphatic rings. The zero-order valence-electron chi connectivity index (χ0n) is 15.0. The van der Waals surface area contributed by atoms with Crippen molar-refractivity contribution in [2.45, 2.75) is 20.1 Å². The molecule has 0 saturated carbocycles. The van der Waals surface area contributed by atoms with Gasteiger partial charge in [-0.15, -0.1) is 0 Å². The van der Waals surface area contributed by atoms with Gasteiger partial charge in [-0.3, -0.25) is 4.40 Å². The first kappa shape index (κ1) is 20.2. The summed E-state index contributed by atoms with van der Waals surface area (Å²) in [6.45, 7) is 3.49. The first-order chi connectivity index (χ1) is 11.3. The van der Waals surface area contributed by atoms with Crippen molar-refractivity contribution in [3.63, 3.8) is 0 Å². The third-order valence-corrected chi connectivity index (χ3v) is 4.65. The molecule has 134 valence electrons. The predicted octanol–water partition coefficient (Wildman–Crippen LogP) is 1.19. The molecule has 0 unspecified atom stereocenters. The zero-order valence-corrected chi connectivity index (χ0v) is 18.7. The first-order valence-electron chi connectivity index (χ1n) is 7.98. The van der Waals surface area contributed by atoms with Gasteiger partial charge in [-0.25, -0.2) is 4.98 Å². The Morgan fingerprint density at radius 2 is 1.84 bits per heavy atom. The lowest BCUT2D eigenvalue weighted by molar-refractivity contribution is -0.884. The van der Waals surface area contributed by atoms with E-state index in [4.69, 9.17) is 9.72 Å². The van der Waals surface area contributed by atoms with Crippen LogP contribution in [0.4, 0.5) is 0 Å². The van der Waals surface area contributed by atoms with Gasteiger partial charge in [0.2, 0.25) is 0 Å². The fourth-order valence-corrected chi connectivity index (χ4v) is 3.13. The van der Waals surface area contributed by atoms with Gasteiger partial charge in [0.05, 0.1) is 26.8 Å². The van der Waals surface area contributed by atoms with Crippen LogP contribution in [0.15, 0.2) is 47.1 Å². The Bertz CT molecular complexity index is 871. The van der Waals surface area contributed by atoms with E-state index < -0.39 is 0 Å². The van der Waals surface area contributed by atoms with E-state index in [1.807, 2.05) is 30.3 Å². The number of pyridine rings is 1. The zero-order chi connectivity index (χ0) is 17.3. The molecular formula is C19H23BrIN3O. The number of aromatic nitrogens is 2. The lowest BCUT2D eigenvalue weighted by atomic mass is 10.2. The highest BCUT2D eigenvalue weighted by Crippen LogP contribution is 2.25. The van der Waals surface area contributed by atoms with Crippen molar-refractivity contribution in [2.24, 2.45) is 0 Å². The number of imidazole rings is 1. The molecule has 1 aromatic carbocycles. The number of rotatable bonds is 5. The number of nitrogens with zero attached hydrogens (tertiary/aromatic N) is 3. The summed E-state index contributed by atoms with van der Waals surface area (Å²) in [6, 6.07) is 12.1. The molecular weight excluding hydrogens is 493 g/mol. The van der Waals surface area contributed by atoms with Crippen molar-refractivity contribution < 1.29 is 33.2 Å². The Kier molecular flexibility index (Phi) is 6.51. The largest absolute Gasteiger partial charge is 1.00 e. The molecule has 2 aromatic heterocycles. The van der Waals surface area contributed by atoms with Gasteiger partial charge in [0.25, 0.3) is 0 Å². The summed E-state index contributed by atoms with van der Waals surface area (Å²) in [5, 5.41) is 0. The molecule has 0 spiro atoms. The number of benzene rings is 1. The van der Waals surface area contributed by atoms with E-state index in [9.17, 15) is 0 Å². The Hall–Kier alpha value is -1.12. The lowest BCUT2D eigenvalue weighted by Gasteiger charge is -2.23. The highest BCUT2D eigenvalue weighted by Gasteiger charge is 2.18. The summed E-state index contributed by atoms with van der Waals surface area (Å²) in [6.07, 6.45) is 2.06. The van der Waals surface area contributed by atoms with E-state index in [1.165, 1.54) is 5.69 Å². The van der Waals surface area contributed by atoms with Crippen LogP contribution in [0.1, 0.15) is 17.0 Å².